The molecule has 5 nitrogen and oxygen atoms in total. The van der Waals surface area contributed by atoms with Crippen LogP contribution in [0.1, 0.15) is 22.7 Å². The van der Waals surface area contributed by atoms with Crippen molar-refractivity contribution in [3.8, 4) is 0 Å². The minimum absolute atomic E-state index is 0.0884. The summed E-state index contributed by atoms with van der Waals surface area (Å²) in [7, 11) is -3.68. The van der Waals surface area contributed by atoms with Crippen molar-refractivity contribution >= 4 is 15.9 Å². The van der Waals surface area contributed by atoms with Crippen LogP contribution in [0.15, 0.2) is 53.4 Å². The van der Waals surface area contributed by atoms with Gasteiger partial charge in [0.05, 0.1) is 17.5 Å². The number of sulfonamides is 1. The number of fused-ring (bicyclic) bond motifs is 3. The second-order valence-electron chi connectivity index (χ2n) is 6.67. The summed E-state index contributed by atoms with van der Waals surface area (Å²) >= 11 is 0. The quantitative estimate of drug-likeness (QED) is 0.828. The van der Waals surface area contributed by atoms with Crippen molar-refractivity contribution < 1.29 is 13.2 Å². The molecule has 25 heavy (non-hydrogen) atoms. The van der Waals surface area contributed by atoms with Gasteiger partial charge in [-0.3, -0.25) is 4.79 Å². The smallest absolute Gasteiger partial charge is 0.243 e. The van der Waals surface area contributed by atoms with Crippen molar-refractivity contribution in [3.05, 3.63) is 65.2 Å². The molecule has 0 radical (unpaired) electrons. The number of aryl methyl sites for hydroxylation is 1. The zero-order valence-corrected chi connectivity index (χ0v) is 14.9. The first-order chi connectivity index (χ1) is 12.0. The highest BCUT2D eigenvalue weighted by Gasteiger charge is 2.41. The predicted molar refractivity (Wildman–Crippen MR) is 94.5 cm³/mol. The molecule has 0 bridgehead atoms. The summed E-state index contributed by atoms with van der Waals surface area (Å²) in [6.45, 7) is 2.73. The maximum Gasteiger partial charge on any atom is 0.243 e. The van der Waals surface area contributed by atoms with Gasteiger partial charge in [0.25, 0.3) is 0 Å². The molecule has 1 saturated heterocycles. The third-order valence-corrected chi connectivity index (χ3v) is 6.86. The van der Waals surface area contributed by atoms with Crippen LogP contribution in [0.2, 0.25) is 0 Å². The van der Waals surface area contributed by atoms with E-state index in [1.54, 1.807) is 18.2 Å². The molecule has 130 valence electrons. The van der Waals surface area contributed by atoms with Crippen LogP contribution >= 0.6 is 0 Å². The highest BCUT2D eigenvalue weighted by Crippen LogP contribution is 2.34. The molecule has 6 heteroatoms. The van der Waals surface area contributed by atoms with Gasteiger partial charge in [-0.15, -0.1) is 0 Å². The maximum atomic E-state index is 13.0. The Balaban J connectivity index is 1.71. The summed E-state index contributed by atoms with van der Waals surface area (Å²) in [5.41, 5.74) is 3.15. The normalized spacial score (nSPS) is 20.9. The first-order valence-electron chi connectivity index (χ1n) is 8.41. The first-order valence-corrected chi connectivity index (χ1v) is 9.85. The lowest BCUT2D eigenvalue weighted by atomic mass is 9.91. The van der Waals surface area contributed by atoms with Gasteiger partial charge in [-0.25, -0.2) is 8.42 Å². The lowest BCUT2D eigenvalue weighted by Crippen LogP contribution is -2.55. The zero-order valence-electron chi connectivity index (χ0n) is 14.1. The van der Waals surface area contributed by atoms with Crippen LogP contribution < -0.4 is 0 Å². The lowest BCUT2D eigenvalue weighted by Gasteiger charge is -2.44. The molecule has 0 unspecified atom stereocenters. The molecule has 1 atom stereocenters. The van der Waals surface area contributed by atoms with Crippen LogP contribution in [0, 0.1) is 6.92 Å². The number of amides is 1. The number of nitrogens with zero attached hydrogens (tertiary/aromatic N) is 2. The molecule has 4 rings (SSSR count). The molecule has 2 aliphatic heterocycles. The van der Waals surface area contributed by atoms with E-state index in [0.717, 1.165) is 17.5 Å². The highest BCUT2D eigenvalue weighted by atomic mass is 32.2. The number of rotatable bonds is 2. The SMILES string of the molecule is Cc1cccc(S(=O)(=O)N2CC(=O)N3CCc4ccccc4[C@@H]3C2)c1. The largest absolute Gasteiger partial charge is 0.333 e. The van der Waals surface area contributed by atoms with Crippen molar-refractivity contribution in [3.63, 3.8) is 0 Å². The van der Waals surface area contributed by atoms with Crippen LogP contribution in [-0.2, 0) is 21.2 Å². The minimum atomic E-state index is -3.68. The van der Waals surface area contributed by atoms with E-state index in [-0.39, 0.29) is 23.4 Å². The standard InChI is InChI=1S/C19H20N2O3S/c1-14-5-4-7-16(11-14)25(23,24)20-12-18-17-8-3-2-6-15(17)9-10-21(18)19(22)13-20/h2-8,11,18H,9-10,12-13H2,1H3/t18-/m0/s1. The van der Waals surface area contributed by atoms with E-state index in [4.69, 9.17) is 0 Å². The zero-order chi connectivity index (χ0) is 17.6. The summed E-state index contributed by atoms with van der Waals surface area (Å²) in [5, 5.41) is 0. The Bertz CT molecular complexity index is 939. The van der Waals surface area contributed by atoms with Crippen LogP contribution in [0.25, 0.3) is 0 Å². The average molecular weight is 356 g/mol. The van der Waals surface area contributed by atoms with Crippen LogP contribution in [0.5, 0.6) is 0 Å². The van der Waals surface area contributed by atoms with Gasteiger partial charge >= 0.3 is 0 Å². The van der Waals surface area contributed by atoms with Gasteiger partial charge in [-0.1, -0.05) is 36.4 Å². The van der Waals surface area contributed by atoms with Crippen molar-refractivity contribution in [1.29, 1.82) is 0 Å². The molecule has 0 aliphatic carbocycles. The molecule has 0 aromatic heterocycles. The van der Waals surface area contributed by atoms with Crippen LogP contribution in [-0.4, -0.2) is 43.2 Å². The first kappa shape index (κ1) is 16.3. The molecule has 1 fully saturated rings. The van der Waals surface area contributed by atoms with Gasteiger partial charge in [0.15, 0.2) is 0 Å². The molecule has 2 aliphatic rings. The Morgan fingerprint density at radius 2 is 1.88 bits per heavy atom. The van der Waals surface area contributed by atoms with Crippen molar-refractivity contribution in [2.75, 3.05) is 19.6 Å². The molecule has 1 amide bonds. The van der Waals surface area contributed by atoms with Crippen molar-refractivity contribution in [2.45, 2.75) is 24.3 Å². The number of carbonyl (C=O) groups is 1. The second kappa shape index (κ2) is 5.97. The molecular formula is C19H20N2O3S. The summed E-state index contributed by atoms with van der Waals surface area (Å²) in [4.78, 5) is 14.7. The highest BCUT2D eigenvalue weighted by molar-refractivity contribution is 7.89. The van der Waals surface area contributed by atoms with Gasteiger partial charge in [0, 0.05) is 13.1 Å². The summed E-state index contributed by atoms with van der Waals surface area (Å²) < 4.78 is 27.4. The average Bonchev–Trinajstić information content (AvgIpc) is 2.61. The van der Waals surface area contributed by atoms with E-state index >= 15 is 0 Å². The second-order valence-corrected chi connectivity index (χ2v) is 8.60. The Kier molecular flexibility index (Phi) is 3.89. The van der Waals surface area contributed by atoms with E-state index in [9.17, 15) is 13.2 Å². The summed E-state index contributed by atoms with van der Waals surface area (Å²) in [6, 6.07) is 14.6. The molecule has 0 N–H and O–H groups in total. The third kappa shape index (κ3) is 2.75. The Morgan fingerprint density at radius 1 is 1.08 bits per heavy atom. The molecule has 2 heterocycles. The van der Waals surface area contributed by atoms with Gasteiger partial charge in [0.1, 0.15) is 0 Å². The topological polar surface area (TPSA) is 57.7 Å². The van der Waals surface area contributed by atoms with Gasteiger partial charge in [0.2, 0.25) is 15.9 Å². The fourth-order valence-corrected chi connectivity index (χ4v) is 5.26. The fourth-order valence-electron chi connectivity index (χ4n) is 3.75. The van der Waals surface area contributed by atoms with Crippen molar-refractivity contribution in [1.82, 2.24) is 9.21 Å². The number of piperazine rings is 1. The predicted octanol–water partition coefficient (Wildman–Crippen LogP) is 2.13. The molecule has 2 aromatic carbocycles. The Hall–Kier alpha value is -2.18. The number of carbonyl (C=O) groups excluding carboxylic acids is 1. The van der Waals surface area contributed by atoms with E-state index in [1.807, 2.05) is 36.1 Å². The Morgan fingerprint density at radius 3 is 2.68 bits per heavy atom. The summed E-state index contributed by atoms with van der Waals surface area (Å²) in [6.07, 6.45) is 0.822. The van der Waals surface area contributed by atoms with Crippen LogP contribution in [0.4, 0.5) is 0 Å². The van der Waals surface area contributed by atoms with E-state index in [0.29, 0.717) is 13.1 Å². The van der Waals surface area contributed by atoms with Gasteiger partial charge in [-0.2, -0.15) is 4.31 Å². The summed E-state index contributed by atoms with van der Waals surface area (Å²) in [5.74, 6) is -0.123. The maximum absolute atomic E-state index is 13.0. The van der Waals surface area contributed by atoms with Crippen LogP contribution in [0.3, 0.4) is 0 Å². The third-order valence-electron chi connectivity index (χ3n) is 5.05. The van der Waals surface area contributed by atoms with E-state index in [1.165, 1.54) is 9.87 Å². The Labute approximate surface area is 147 Å². The number of benzene rings is 2. The monoisotopic (exact) mass is 356 g/mol. The van der Waals surface area contributed by atoms with Crippen molar-refractivity contribution in [2.24, 2.45) is 0 Å². The molecule has 0 spiro atoms. The molecule has 0 saturated carbocycles. The number of hydrogen-bond donors (Lipinski definition) is 0. The van der Waals surface area contributed by atoms with E-state index < -0.39 is 10.0 Å². The minimum Gasteiger partial charge on any atom is -0.333 e. The fraction of sp³-hybridized carbons (Fsp3) is 0.316. The van der Waals surface area contributed by atoms with Gasteiger partial charge < -0.3 is 4.90 Å². The van der Waals surface area contributed by atoms with E-state index in [2.05, 4.69) is 6.07 Å². The van der Waals surface area contributed by atoms with Gasteiger partial charge in [-0.05, 0) is 42.2 Å². The molecular weight excluding hydrogens is 336 g/mol. The lowest BCUT2D eigenvalue weighted by molar-refractivity contribution is -0.138. The molecule has 2 aromatic rings. The number of hydrogen-bond acceptors (Lipinski definition) is 3.